The van der Waals surface area contributed by atoms with Crippen molar-refractivity contribution in [3.05, 3.63) is 60.4 Å². The van der Waals surface area contributed by atoms with Gasteiger partial charge in [0.25, 0.3) is 0 Å². The van der Waals surface area contributed by atoms with E-state index in [1.165, 1.54) is 22.5 Å². The predicted molar refractivity (Wildman–Crippen MR) is 107 cm³/mol. The Balaban J connectivity index is 1.41. The van der Waals surface area contributed by atoms with Crippen molar-refractivity contribution in [2.24, 2.45) is 5.92 Å². The standard InChI is InChI=1S/C21H25FN2O4S/c22-19-9-4-5-10-20(19)29(26,27)24-14-11-17(12-15-24)21(25)23-13-6-16-28-18-7-2-1-3-8-18/h1-5,7-10,17H,6,11-16H2,(H,23,25). The summed E-state index contributed by atoms with van der Waals surface area (Å²) in [5.74, 6) is -0.280. The van der Waals surface area contributed by atoms with E-state index < -0.39 is 15.8 Å². The van der Waals surface area contributed by atoms with Gasteiger partial charge in [0.15, 0.2) is 0 Å². The summed E-state index contributed by atoms with van der Waals surface area (Å²) < 4.78 is 45.9. The zero-order chi connectivity index (χ0) is 20.7. The summed E-state index contributed by atoms with van der Waals surface area (Å²) in [6, 6.07) is 14.8. The van der Waals surface area contributed by atoms with Crippen LogP contribution in [0.2, 0.25) is 0 Å². The van der Waals surface area contributed by atoms with Crippen molar-refractivity contribution in [3.8, 4) is 5.75 Å². The molecule has 0 spiro atoms. The molecular weight excluding hydrogens is 395 g/mol. The van der Waals surface area contributed by atoms with Crippen molar-refractivity contribution in [3.63, 3.8) is 0 Å². The highest BCUT2D eigenvalue weighted by atomic mass is 32.2. The van der Waals surface area contributed by atoms with Crippen LogP contribution in [0.1, 0.15) is 19.3 Å². The van der Waals surface area contributed by atoms with E-state index in [0.29, 0.717) is 32.4 Å². The highest BCUT2D eigenvalue weighted by Gasteiger charge is 2.33. The quantitative estimate of drug-likeness (QED) is 0.667. The number of hydrogen-bond acceptors (Lipinski definition) is 4. The van der Waals surface area contributed by atoms with Gasteiger partial charge in [-0.25, -0.2) is 12.8 Å². The molecule has 1 N–H and O–H groups in total. The molecule has 29 heavy (non-hydrogen) atoms. The lowest BCUT2D eigenvalue weighted by atomic mass is 9.97. The number of hydrogen-bond donors (Lipinski definition) is 1. The lowest BCUT2D eigenvalue weighted by Crippen LogP contribution is -2.43. The lowest BCUT2D eigenvalue weighted by molar-refractivity contribution is -0.126. The summed E-state index contributed by atoms with van der Waals surface area (Å²) in [4.78, 5) is 12.0. The number of amides is 1. The predicted octanol–water partition coefficient (Wildman–Crippen LogP) is 2.81. The lowest BCUT2D eigenvalue weighted by Gasteiger charge is -2.30. The van der Waals surface area contributed by atoms with Gasteiger partial charge in [0, 0.05) is 25.6 Å². The first-order valence-electron chi connectivity index (χ1n) is 9.69. The van der Waals surface area contributed by atoms with Gasteiger partial charge in [0.05, 0.1) is 6.61 Å². The molecule has 156 valence electrons. The van der Waals surface area contributed by atoms with Gasteiger partial charge >= 0.3 is 0 Å². The minimum atomic E-state index is -3.88. The fraction of sp³-hybridized carbons (Fsp3) is 0.381. The first-order valence-corrected chi connectivity index (χ1v) is 11.1. The normalized spacial score (nSPS) is 15.8. The number of carbonyl (C=O) groups excluding carboxylic acids is 1. The van der Waals surface area contributed by atoms with Crippen LogP contribution in [0.5, 0.6) is 5.75 Å². The van der Waals surface area contributed by atoms with E-state index in [0.717, 1.165) is 11.8 Å². The van der Waals surface area contributed by atoms with Crippen molar-refractivity contribution in [2.45, 2.75) is 24.2 Å². The summed E-state index contributed by atoms with van der Waals surface area (Å²) in [5.41, 5.74) is 0. The van der Waals surface area contributed by atoms with Crippen molar-refractivity contribution >= 4 is 15.9 Å². The van der Waals surface area contributed by atoms with Gasteiger partial charge in [0.2, 0.25) is 15.9 Å². The zero-order valence-corrected chi connectivity index (χ0v) is 16.9. The fourth-order valence-corrected chi connectivity index (χ4v) is 4.82. The molecule has 2 aromatic carbocycles. The first kappa shape index (κ1) is 21.3. The number of piperidine rings is 1. The van der Waals surface area contributed by atoms with Crippen LogP contribution in [0.25, 0.3) is 0 Å². The Morgan fingerprint density at radius 1 is 1.07 bits per heavy atom. The van der Waals surface area contributed by atoms with E-state index in [-0.39, 0.29) is 29.8 Å². The number of carbonyl (C=O) groups is 1. The van der Waals surface area contributed by atoms with Crippen molar-refractivity contribution < 1.29 is 22.3 Å². The third-order valence-corrected chi connectivity index (χ3v) is 6.84. The van der Waals surface area contributed by atoms with Crippen LogP contribution in [0.15, 0.2) is 59.5 Å². The minimum absolute atomic E-state index is 0.0762. The third-order valence-electron chi connectivity index (χ3n) is 4.91. The molecule has 0 unspecified atom stereocenters. The Kier molecular flexibility index (Phi) is 7.22. The second kappa shape index (κ2) is 9.84. The largest absolute Gasteiger partial charge is 0.494 e. The van der Waals surface area contributed by atoms with Gasteiger partial charge in [-0.3, -0.25) is 4.79 Å². The Bertz CT molecular complexity index is 913. The third kappa shape index (κ3) is 5.55. The van der Waals surface area contributed by atoms with Crippen molar-refractivity contribution in [1.82, 2.24) is 9.62 Å². The molecule has 1 fully saturated rings. The Morgan fingerprint density at radius 2 is 1.72 bits per heavy atom. The van der Waals surface area contributed by atoms with Gasteiger partial charge in [-0.2, -0.15) is 4.31 Å². The average Bonchev–Trinajstić information content (AvgIpc) is 2.74. The van der Waals surface area contributed by atoms with E-state index in [4.69, 9.17) is 4.74 Å². The van der Waals surface area contributed by atoms with Crippen LogP contribution in [0.4, 0.5) is 4.39 Å². The molecule has 1 aliphatic rings. The van der Waals surface area contributed by atoms with Crippen LogP contribution in [-0.4, -0.2) is 44.9 Å². The van der Waals surface area contributed by atoms with Crippen LogP contribution >= 0.6 is 0 Å². The summed E-state index contributed by atoms with van der Waals surface area (Å²) >= 11 is 0. The molecule has 8 heteroatoms. The van der Waals surface area contributed by atoms with Crippen LogP contribution < -0.4 is 10.1 Å². The van der Waals surface area contributed by atoms with E-state index in [2.05, 4.69) is 5.32 Å². The van der Waals surface area contributed by atoms with E-state index in [1.54, 1.807) is 0 Å². The minimum Gasteiger partial charge on any atom is -0.494 e. The van der Waals surface area contributed by atoms with Gasteiger partial charge in [-0.1, -0.05) is 30.3 Å². The Labute approximate surface area is 170 Å². The molecule has 1 aliphatic heterocycles. The second-order valence-electron chi connectivity index (χ2n) is 6.91. The van der Waals surface area contributed by atoms with Crippen LogP contribution in [-0.2, 0) is 14.8 Å². The number of benzene rings is 2. The molecule has 0 radical (unpaired) electrons. The number of nitrogens with one attached hydrogen (secondary N) is 1. The molecule has 3 rings (SSSR count). The van der Waals surface area contributed by atoms with Gasteiger partial charge in [0.1, 0.15) is 16.5 Å². The number of sulfonamides is 1. The number of ether oxygens (including phenoxy) is 1. The first-order chi connectivity index (χ1) is 14.0. The maximum atomic E-state index is 13.9. The number of para-hydroxylation sites is 1. The van der Waals surface area contributed by atoms with Crippen molar-refractivity contribution in [2.75, 3.05) is 26.2 Å². The number of nitrogens with zero attached hydrogens (tertiary/aromatic N) is 1. The SMILES string of the molecule is O=C(NCCCOc1ccccc1)C1CCN(S(=O)(=O)c2ccccc2F)CC1. The topological polar surface area (TPSA) is 75.7 Å². The monoisotopic (exact) mass is 420 g/mol. The molecule has 0 bridgehead atoms. The smallest absolute Gasteiger partial charge is 0.245 e. The average molecular weight is 421 g/mol. The van der Waals surface area contributed by atoms with Gasteiger partial charge < -0.3 is 10.1 Å². The molecule has 6 nitrogen and oxygen atoms in total. The molecule has 0 saturated carbocycles. The van der Waals surface area contributed by atoms with E-state index in [9.17, 15) is 17.6 Å². The molecule has 0 aliphatic carbocycles. The molecule has 1 amide bonds. The number of rotatable bonds is 8. The maximum absolute atomic E-state index is 13.9. The van der Waals surface area contributed by atoms with E-state index in [1.807, 2.05) is 30.3 Å². The molecule has 2 aromatic rings. The Morgan fingerprint density at radius 3 is 2.41 bits per heavy atom. The molecule has 1 saturated heterocycles. The summed E-state index contributed by atoms with van der Waals surface area (Å²) in [6.07, 6.45) is 1.52. The Hall–Kier alpha value is -2.45. The highest BCUT2D eigenvalue weighted by Crippen LogP contribution is 2.25. The fourth-order valence-electron chi connectivity index (χ4n) is 3.29. The molecular formula is C21H25FN2O4S. The van der Waals surface area contributed by atoms with Crippen molar-refractivity contribution in [1.29, 1.82) is 0 Å². The highest BCUT2D eigenvalue weighted by molar-refractivity contribution is 7.89. The molecule has 0 atom stereocenters. The van der Waals surface area contributed by atoms with Crippen LogP contribution in [0.3, 0.4) is 0 Å². The molecule has 0 aromatic heterocycles. The summed E-state index contributed by atoms with van der Waals surface area (Å²) in [5, 5.41) is 2.89. The van der Waals surface area contributed by atoms with Gasteiger partial charge in [-0.05, 0) is 43.5 Å². The van der Waals surface area contributed by atoms with E-state index >= 15 is 0 Å². The second-order valence-corrected chi connectivity index (χ2v) is 8.82. The number of halogens is 1. The van der Waals surface area contributed by atoms with Gasteiger partial charge in [-0.15, -0.1) is 0 Å². The molecule has 1 heterocycles. The zero-order valence-electron chi connectivity index (χ0n) is 16.1. The summed E-state index contributed by atoms with van der Waals surface area (Å²) in [6.45, 7) is 1.40. The van der Waals surface area contributed by atoms with Crippen LogP contribution in [0, 0.1) is 11.7 Å². The summed E-state index contributed by atoms with van der Waals surface area (Å²) in [7, 11) is -3.88. The maximum Gasteiger partial charge on any atom is 0.245 e.